The highest BCUT2D eigenvalue weighted by molar-refractivity contribution is 5.73. The third-order valence-electron chi connectivity index (χ3n) is 5.70. The van der Waals surface area contributed by atoms with E-state index in [1.807, 2.05) is 36.4 Å². The second-order valence-electron chi connectivity index (χ2n) is 7.79. The Morgan fingerprint density at radius 2 is 1.91 bits per heavy atom. The quantitative estimate of drug-likeness (QED) is 0.570. The van der Waals surface area contributed by atoms with Gasteiger partial charge >= 0.3 is 5.97 Å². The summed E-state index contributed by atoms with van der Waals surface area (Å²) in [6.45, 7) is 0. The molecule has 2 heterocycles. The lowest BCUT2D eigenvalue weighted by Gasteiger charge is -2.28. The number of carbonyl (C=O) groups excluding carboxylic acids is 1. The summed E-state index contributed by atoms with van der Waals surface area (Å²) < 4.78 is 24.7. The number of carbonyl (C=O) groups is 1. The lowest BCUT2D eigenvalue weighted by atomic mass is 9.86. The number of anilines is 1. The number of hydrogen-bond donors (Lipinski definition) is 1. The summed E-state index contributed by atoms with van der Waals surface area (Å²) in [7, 11) is 2.97. The number of pyridine rings is 1. The first-order valence-corrected chi connectivity index (χ1v) is 10.5. The van der Waals surface area contributed by atoms with Crippen molar-refractivity contribution in [2.75, 3.05) is 19.5 Å². The van der Waals surface area contributed by atoms with E-state index in [4.69, 9.17) is 9.47 Å². The molecule has 0 bridgehead atoms. The van der Waals surface area contributed by atoms with Crippen molar-refractivity contribution in [1.82, 2.24) is 15.0 Å². The molecule has 0 saturated heterocycles. The second-order valence-corrected chi connectivity index (χ2v) is 7.79. The van der Waals surface area contributed by atoms with Gasteiger partial charge in [0.1, 0.15) is 5.69 Å². The number of esters is 1. The molecule has 0 amide bonds. The number of nitrogens with zero attached hydrogens (tertiary/aromatic N) is 3. The molecule has 1 saturated carbocycles. The van der Waals surface area contributed by atoms with E-state index in [2.05, 4.69) is 20.3 Å². The van der Waals surface area contributed by atoms with Crippen molar-refractivity contribution >= 4 is 11.9 Å². The van der Waals surface area contributed by atoms with E-state index in [1.54, 1.807) is 13.3 Å². The normalized spacial score (nSPS) is 18.1. The van der Waals surface area contributed by atoms with Gasteiger partial charge in [0.05, 0.1) is 26.3 Å². The number of ether oxygens (including phenoxy) is 2. The summed E-state index contributed by atoms with van der Waals surface area (Å²) in [5, 5.41) is 3.27. The first-order chi connectivity index (χ1) is 15.6. The summed E-state index contributed by atoms with van der Waals surface area (Å²) in [6, 6.07) is 11.2. The molecule has 1 aliphatic carbocycles. The minimum absolute atomic E-state index is 0.0294. The molecule has 1 fully saturated rings. The number of aromatic nitrogens is 3. The Kier molecular flexibility index (Phi) is 6.58. The van der Waals surface area contributed by atoms with Crippen molar-refractivity contribution in [2.24, 2.45) is 5.92 Å². The molecule has 0 aliphatic heterocycles. The van der Waals surface area contributed by atoms with Crippen LogP contribution in [0, 0.1) is 11.7 Å². The molecule has 1 N–H and O–H groups in total. The number of nitrogens with one attached hydrogen (secondary N) is 1. The molecule has 2 aromatic heterocycles. The molecule has 7 nitrogen and oxygen atoms in total. The van der Waals surface area contributed by atoms with Crippen LogP contribution in [-0.2, 0) is 9.53 Å². The van der Waals surface area contributed by atoms with E-state index >= 15 is 0 Å². The molecule has 4 rings (SSSR count). The molecule has 32 heavy (non-hydrogen) atoms. The number of rotatable bonds is 6. The zero-order valence-electron chi connectivity index (χ0n) is 18.0. The molecular weight excluding hydrogens is 411 g/mol. The Morgan fingerprint density at radius 3 is 2.72 bits per heavy atom. The maximum Gasteiger partial charge on any atom is 0.308 e. The number of methoxy groups -OCH3 is 2. The molecule has 1 aromatic carbocycles. The van der Waals surface area contributed by atoms with E-state index in [0.29, 0.717) is 23.8 Å². The lowest BCUT2D eigenvalue weighted by molar-refractivity contribution is -0.146. The fourth-order valence-electron chi connectivity index (χ4n) is 4.07. The smallest absolute Gasteiger partial charge is 0.308 e. The van der Waals surface area contributed by atoms with Crippen LogP contribution in [0.15, 0.2) is 48.8 Å². The summed E-state index contributed by atoms with van der Waals surface area (Å²) in [6.07, 6.45) is 6.09. The summed E-state index contributed by atoms with van der Waals surface area (Å²) in [5.41, 5.74) is 2.65. The average molecular weight is 436 g/mol. The van der Waals surface area contributed by atoms with Crippen LogP contribution in [0.5, 0.6) is 5.88 Å². The largest absolute Gasteiger partial charge is 0.481 e. The van der Waals surface area contributed by atoms with Gasteiger partial charge in [0.2, 0.25) is 11.8 Å². The maximum atomic E-state index is 14.7. The standard InChI is InChI=1S/C24H25FN4O3/c1-31-21-13-16(9-10-26-21)15-5-3-6-17(11-15)22-20(25)14-27-24(29-22)28-19-8-4-7-18(12-19)23(30)32-2/h3,5-6,9-11,13-14,18-19H,4,7-8,12H2,1-2H3,(H,27,28,29)/t18-,19+/m0/s1. The van der Waals surface area contributed by atoms with Crippen LogP contribution in [0.2, 0.25) is 0 Å². The van der Waals surface area contributed by atoms with Crippen LogP contribution in [-0.4, -0.2) is 41.2 Å². The SMILES string of the molecule is COC(=O)[C@H]1CCC[C@@H](Nc2ncc(F)c(-c3cccc(-c4ccnc(OC)c4)c3)n2)C1. The zero-order valence-corrected chi connectivity index (χ0v) is 18.0. The lowest BCUT2D eigenvalue weighted by Crippen LogP contribution is -2.32. The molecule has 0 spiro atoms. The van der Waals surface area contributed by atoms with Gasteiger partial charge < -0.3 is 14.8 Å². The summed E-state index contributed by atoms with van der Waals surface area (Å²) in [4.78, 5) is 24.6. The van der Waals surface area contributed by atoms with Gasteiger partial charge in [0.25, 0.3) is 0 Å². The van der Waals surface area contributed by atoms with Gasteiger partial charge in [-0.3, -0.25) is 4.79 Å². The third-order valence-corrected chi connectivity index (χ3v) is 5.70. The van der Waals surface area contributed by atoms with Crippen molar-refractivity contribution in [2.45, 2.75) is 31.7 Å². The number of halogens is 1. The van der Waals surface area contributed by atoms with Crippen molar-refractivity contribution in [3.8, 4) is 28.3 Å². The summed E-state index contributed by atoms with van der Waals surface area (Å²) in [5.74, 6) is 0.0105. The minimum Gasteiger partial charge on any atom is -0.481 e. The van der Waals surface area contributed by atoms with Gasteiger partial charge in [-0.05, 0) is 42.5 Å². The van der Waals surface area contributed by atoms with Gasteiger partial charge in [-0.25, -0.2) is 19.3 Å². The van der Waals surface area contributed by atoms with Crippen LogP contribution in [0.3, 0.4) is 0 Å². The van der Waals surface area contributed by atoms with Gasteiger partial charge in [-0.2, -0.15) is 0 Å². The predicted molar refractivity (Wildman–Crippen MR) is 119 cm³/mol. The van der Waals surface area contributed by atoms with Gasteiger partial charge in [-0.1, -0.05) is 24.6 Å². The Balaban J connectivity index is 1.57. The van der Waals surface area contributed by atoms with E-state index in [9.17, 15) is 9.18 Å². The molecule has 166 valence electrons. The average Bonchev–Trinajstić information content (AvgIpc) is 2.85. The van der Waals surface area contributed by atoms with Crippen LogP contribution in [0.25, 0.3) is 22.4 Å². The van der Waals surface area contributed by atoms with Gasteiger partial charge in [-0.15, -0.1) is 0 Å². The van der Waals surface area contributed by atoms with E-state index in [1.165, 1.54) is 13.3 Å². The van der Waals surface area contributed by atoms with Gasteiger partial charge in [0, 0.05) is 23.9 Å². The third kappa shape index (κ3) is 4.85. The summed E-state index contributed by atoms with van der Waals surface area (Å²) >= 11 is 0. The molecule has 2 atom stereocenters. The Hall–Kier alpha value is -3.55. The van der Waals surface area contributed by atoms with Crippen LogP contribution >= 0.6 is 0 Å². The van der Waals surface area contributed by atoms with Gasteiger partial charge in [0.15, 0.2) is 5.82 Å². The predicted octanol–water partition coefficient (Wildman–Crippen LogP) is 4.50. The van der Waals surface area contributed by atoms with Crippen molar-refractivity contribution in [3.05, 3.63) is 54.6 Å². The van der Waals surface area contributed by atoms with E-state index in [-0.39, 0.29) is 23.6 Å². The highest BCUT2D eigenvalue weighted by atomic mass is 19.1. The fourth-order valence-corrected chi connectivity index (χ4v) is 4.07. The maximum absolute atomic E-state index is 14.7. The Bertz CT molecular complexity index is 1110. The Labute approximate surface area is 186 Å². The first kappa shape index (κ1) is 21.7. The van der Waals surface area contributed by atoms with E-state index < -0.39 is 5.82 Å². The van der Waals surface area contributed by atoms with Crippen LogP contribution in [0.4, 0.5) is 10.3 Å². The van der Waals surface area contributed by atoms with Crippen LogP contribution < -0.4 is 10.1 Å². The van der Waals surface area contributed by atoms with E-state index in [0.717, 1.165) is 30.4 Å². The molecule has 8 heteroatoms. The monoisotopic (exact) mass is 436 g/mol. The molecule has 0 radical (unpaired) electrons. The van der Waals surface area contributed by atoms with Crippen LogP contribution in [0.1, 0.15) is 25.7 Å². The molecule has 1 aliphatic rings. The first-order valence-electron chi connectivity index (χ1n) is 10.5. The zero-order chi connectivity index (χ0) is 22.5. The van der Waals surface area contributed by atoms with Crippen molar-refractivity contribution in [3.63, 3.8) is 0 Å². The molecular formula is C24H25FN4O3. The molecule has 3 aromatic rings. The highest BCUT2D eigenvalue weighted by Crippen LogP contribution is 2.30. The molecule has 0 unspecified atom stereocenters. The minimum atomic E-state index is -0.504. The topological polar surface area (TPSA) is 86.2 Å². The fraction of sp³-hybridized carbons (Fsp3) is 0.333. The number of hydrogen-bond acceptors (Lipinski definition) is 7. The number of benzene rings is 1. The van der Waals surface area contributed by atoms with Crippen molar-refractivity contribution in [1.29, 1.82) is 0 Å². The Morgan fingerprint density at radius 1 is 1.09 bits per heavy atom. The highest BCUT2D eigenvalue weighted by Gasteiger charge is 2.28. The second kappa shape index (κ2) is 9.72. The van der Waals surface area contributed by atoms with Crippen molar-refractivity contribution < 1.29 is 18.7 Å².